The highest BCUT2D eigenvalue weighted by atomic mass is 19.4. The Morgan fingerprint density at radius 1 is 0.667 bits per heavy atom. The van der Waals surface area contributed by atoms with Crippen molar-refractivity contribution in [3.05, 3.63) is 0 Å². The van der Waals surface area contributed by atoms with Gasteiger partial charge in [0.25, 0.3) is 0 Å². The van der Waals surface area contributed by atoms with Crippen molar-refractivity contribution in [1.29, 1.82) is 0 Å². The van der Waals surface area contributed by atoms with Crippen LogP contribution in [-0.2, 0) is 0 Å². The van der Waals surface area contributed by atoms with Crippen molar-refractivity contribution in [2.24, 2.45) is 0 Å². The van der Waals surface area contributed by atoms with Crippen LogP contribution in [0.3, 0.4) is 0 Å². The van der Waals surface area contributed by atoms with Gasteiger partial charge in [0.1, 0.15) is 0 Å². The maximum atomic E-state index is 11.5. The standard InChI is InChI=1S/C2F4N6/c3-11(4)1-7-9-2(10-8-1)12(5)6. The molecule has 10 heteroatoms. The van der Waals surface area contributed by atoms with E-state index in [2.05, 4.69) is 20.4 Å². The predicted molar refractivity (Wildman–Crippen MR) is 27.0 cm³/mol. The van der Waals surface area contributed by atoms with Crippen molar-refractivity contribution in [1.82, 2.24) is 20.4 Å². The molecule has 0 aliphatic rings. The van der Waals surface area contributed by atoms with Gasteiger partial charge in [-0.2, -0.15) is 0 Å². The number of nitrogens with zero attached hydrogens (tertiary/aromatic N) is 6. The van der Waals surface area contributed by atoms with Crippen LogP contribution in [0.5, 0.6) is 0 Å². The third-order valence-corrected chi connectivity index (χ3v) is 0.760. The van der Waals surface area contributed by atoms with Crippen molar-refractivity contribution in [2.75, 3.05) is 10.7 Å². The van der Waals surface area contributed by atoms with E-state index in [0.29, 0.717) is 0 Å². The van der Waals surface area contributed by atoms with Gasteiger partial charge in [-0.15, -0.1) is 20.4 Å². The van der Waals surface area contributed by atoms with E-state index in [-0.39, 0.29) is 0 Å². The molecule has 1 heterocycles. The van der Waals surface area contributed by atoms with Crippen molar-refractivity contribution in [2.45, 2.75) is 0 Å². The molecule has 0 radical (unpaired) electrons. The smallest absolute Gasteiger partial charge is 0.101 e. The summed E-state index contributed by atoms with van der Waals surface area (Å²) in [6.45, 7) is 0. The molecule has 0 fully saturated rings. The highest BCUT2D eigenvalue weighted by Crippen LogP contribution is 2.08. The first kappa shape index (κ1) is 8.36. The monoisotopic (exact) mass is 184 g/mol. The van der Waals surface area contributed by atoms with Crippen LogP contribution in [0.15, 0.2) is 0 Å². The van der Waals surface area contributed by atoms with Gasteiger partial charge >= 0.3 is 11.9 Å². The van der Waals surface area contributed by atoms with E-state index in [1.54, 1.807) is 0 Å². The first-order valence-corrected chi connectivity index (χ1v) is 2.42. The second-order valence-electron chi connectivity index (χ2n) is 1.47. The Balaban J connectivity index is 2.86. The number of rotatable bonds is 2. The summed E-state index contributed by atoms with van der Waals surface area (Å²) in [5.74, 6) is -2.30. The summed E-state index contributed by atoms with van der Waals surface area (Å²) in [6, 6.07) is 0. The van der Waals surface area contributed by atoms with Gasteiger partial charge in [-0.05, 0) is 0 Å². The Morgan fingerprint density at radius 2 is 0.917 bits per heavy atom. The largest absolute Gasteiger partial charge is 0.326 e. The van der Waals surface area contributed by atoms with Crippen LogP contribution >= 0.6 is 0 Å². The lowest BCUT2D eigenvalue weighted by molar-refractivity contribution is 0.214. The average molecular weight is 184 g/mol. The van der Waals surface area contributed by atoms with Gasteiger partial charge in [-0.25, -0.2) is 0 Å². The molecule has 0 atom stereocenters. The summed E-state index contributed by atoms with van der Waals surface area (Å²) in [5.41, 5.74) is 0. The van der Waals surface area contributed by atoms with Crippen LogP contribution in [0.1, 0.15) is 0 Å². The maximum absolute atomic E-state index is 11.5. The molecule has 1 rings (SSSR count). The summed E-state index contributed by atoms with van der Waals surface area (Å²) in [5, 5.41) is 7.53. The zero-order chi connectivity index (χ0) is 9.14. The second-order valence-corrected chi connectivity index (χ2v) is 1.47. The summed E-state index contributed by atoms with van der Waals surface area (Å²) >= 11 is 0. The Labute approximate surface area is 62.2 Å². The van der Waals surface area contributed by atoms with Crippen LogP contribution < -0.4 is 10.7 Å². The van der Waals surface area contributed by atoms with Gasteiger partial charge in [-0.3, -0.25) is 0 Å². The minimum absolute atomic E-state index is 1.15. The molecule has 0 spiro atoms. The normalized spacial score (nSPS) is 9.67. The fraction of sp³-hybridized carbons (Fsp3) is 0. The molecular weight excluding hydrogens is 184 g/mol. The lowest BCUT2D eigenvalue weighted by Crippen LogP contribution is -2.10. The van der Waals surface area contributed by atoms with E-state index >= 15 is 0 Å². The van der Waals surface area contributed by atoms with Crippen molar-refractivity contribution < 1.29 is 17.9 Å². The highest BCUT2D eigenvalue weighted by Gasteiger charge is 2.12. The summed E-state index contributed by atoms with van der Waals surface area (Å²) in [6.07, 6.45) is 0. The lowest BCUT2D eigenvalue weighted by Gasteiger charge is -1.98. The Kier molecular flexibility index (Phi) is 2.16. The van der Waals surface area contributed by atoms with E-state index in [1.165, 1.54) is 0 Å². The van der Waals surface area contributed by atoms with Gasteiger partial charge in [0, 0.05) is 10.7 Å². The van der Waals surface area contributed by atoms with Crippen LogP contribution in [0.25, 0.3) is 0 Å². The first-order valence-electron chi connectivity index (χ1n) is 2.42. The summed E-state index contributed by atoms with van der Waals surface area (Å²) < 4.78 is 46.1. The first-order chi connectivity index (χ1) is 5.61. The molecule has 0 bridgehead atoms. The molecule has 6 nitrogen and oxygen atoms in total. The molecule has 66 valence electrons. The zero-order valence-corrected chi connectivity index (χ0v) is 5.20. The summed E-state index contributed by atoms with van der Waals surface area (Å²) in [4.78, 5) is 0. The SMILES string of the molecule is FN(F)c1nnc(N(F)F)nn1. The van der Waals surface area contributed by atoms with Crippen LogP contribution in [0.4, 0.5) is 29.8 Å². The predicted octanol–water partition coefficient (Wildman–Crippen LogP) is 0.417. The second kappa shape index (κ2) is 3.11. The highest BCUT2D eigenvalue weighted by molar-refractivity contribution is 5.21. The number of halogens is 4. The molecular formula is C2F4N6. The number of aromatic nitrogens is 4. The molecule has 1 aromatic heterocycles. The molecule has 0 saturated carbocycles. The van der Waals surface area contributed by atoms with Crippen molar-refractivity contribution in [3.63, 3.8) is 0 Å². The van der Waals surface area contributed by atoms with E-state index in [0.717, 1.165) is 0 Å². The van der Waals surface area contributed by atoms with Crippen LogP contribution in [0, 0.1) is 0 Å². The number of hydrogen-bond acceptors (Lipinski definition) is 6. The minimum atomic E-state index is -1.50. The molecule has 0 unspecified atom stereocenters. The molecule has 0 N–H and O–H groups in total. The zero-order valence-electron chi connectivity index (χ0n) is 5.20. The number of hydrogen-bond donors (Lipinski definition) is 0. The molecule has 0 amide bonds. The van der Waals surface area contributed by atoms with Crippen LogP contribution in [0.2, 0.25) is 0 Å². The molecule has 0 aliphatic heterocycles. The molecule has 12 heavy (non-hydrogen) atoms. The third kappa shape index (κ3) is 1.65. The van der Waals surface area contributed by atoms with E-state index in [1.807, 2.05) is 0 Å². The van der Waals surface area contributed by atoms with Crippen molar-refractivity contribution in [3.8, 4) is 0 Å². The number of anilines is 2. The average Bonchev–Trinajstić information content (AvgIpc) is 2.04. The lowest BCUT2D eigenvalue weighted by atomic mass is 11.0. The molecule has 0 saturated heterocycles. The molecule has 0 aliphatic carbocycles. The van der Waals surface area contributed by atoms with Crippen molar-refractivity contribution >= 4 is 11.9 Å². The minimum Gasteiger partial charge on any atom is -0.101 e. The van der Waals surface area contributed by atoms with Gasteiger partial charge in [0.05, 0.1) is 0 Å². The fourth-order valence-electron chi connectivity index (χ4n) is 0.354. The quantitative estimate of drug-likeness (QED) is 0.490. The van der Waals surface area contributed by atoms with Gasteiger partial charge in [0.2, 0.25) is 0 Å². The van der Waals surface area contributed by atoms with E-state index in [4.69, 9.17) is 0 Å². The van der Waals surface area contributed by atoms with Gasteiger partial charge in [-0.1, -0.05) is 17.9 Å². The Bertz CT molecular complexity index is 219. The van der Waals surface area contributed by atoms with E-state index < -0.39 is 22.6 Å². The van der Waals surface area contributed by atoms with E-state index in [9.17, 15) is 17.9 Å². The fourth-order valence-corrected chi connectivity index (χ4v) is 0.354. The Morgan fingerprint density at radius 3 is 1.08 bits per heavy atom. The van der Waals surface area contributed by atoms with Crippen LogP contribution in [-0.4, -0.2) is 20.4 Å². The topological polar surface area (TPSA) is 58.0 Å². The van der Waals surface area contributed by atoms with Gasteiger partial charge < -0.3 is 0 Å². The molecule has 1 aromatic rings. The molecule has 0 aromatic carbocycles. The maximum Gasteiger partial charge on any atom is 0.326 e. The summed E-state index contributed by atoms with van der Waals surface area (Å²) in [7, 11) is 0. The third-order valence-electron chi connectivity index (χ3n) is 0.760. The Hall–Kier alpha value is -1.74. The van der Waals surface area contributed by atoms with Gasteiger partial charge in [0.15, 0.2) is 0 Å².